The molecule has 1 aromatic rings. The zero-order valence-electron chi connectivity index (χ0n) is 9.88. The normalized spacial score (nSPS) is 14.0. The maximum absolute atomic E-state index is 11.4. The molecule has 17 heavy (non-hydrogen) atoms. The fourth-order valence-corrected chi connectivity index (χ4v) is 1.47. The molecule has 0 aliphatic heterocycles. The van der Waals surface area contributed by atoms with Crippen LogP contribution in [0, 0.1) is 0 Å². The van der Waals surface area contributed by atoms with Crippen LogP contribution in [0.25, 0.3) is 0 Å². The molecule has 1 aromatic heterocycles. The number of imide groups is 1. The monoisotopic (exact) mass is 239 g/mol. The molecule has 0 spiro atoms. The zero-order valence-corrected chi connectivity index (χ0v) is 9.88. The summed E-state index contributed by atoms with van der Waals surface area (Å²) in [6, 6.07) is 0.538. The Labute approximate surface area is 99.4 Å². The van der Waals surface area contributed by atoms with E-state index < -0.39 is 18.0 Å². The molecule has 0 radical (unpaired) electrons. The van der Waals surface area contributed by atoms with E-state index in [-0.39, 0.29) is 6.04 Å². The fourth-order valence-electron chi connectivity index (χ4n) is 1.47. The van der Waals surface area contributed by atoms with Crippen LogP contribution in [0.1, 0.15) is 13.8 Å². The van der Waals surface area contributed by atoms with Crippen molar-refractivity contribution in [3.8, 4) is 0 Å². The van der Waals surface area contributed by atoms with Gasteiger partial charge in [-0.1, -0.05) is 0 Å². The quantitative estimate of drug-likeness (QED) is 0.641. The molecule has 7 nitrogen and oxygen atoms in total. The lowest BCUT2D eigenvalue weighted by atomic mass is 10.2. The highest BCUT2D eigenvalue weighted by molar-refractivity contribution is 5.96. The van der Waals surface area contributed by atoms with Gasteiger partial charge >= 0.3 is 6.03 Å². The fraction of sp³-hybridized carbons (Fsp3) is 0.500. The molecule has 0 fully saturated rings. The van der Waals surface area contributed by atoms with Gasteiger partial charge in [-0.25, -0.2) is 4.79 Å². The summed E-state index contributed by atoms with van der Waals surface area (Å²) in [5, 5.41) is 9.12. The highest BCUT2D eigenvalue weighted by atomic mass is 16.2. The van der Waals surface area contributed by atoms with Crippen molar-refractivity contribution < 1.29 is 9.59 Å². The number of aromatic nitrogens is 2. The molecule has 0 aromatic carbocycles. The van der Waals surface area contributed by atoms with Crippen LogP contribution in [0.2, 0.25) is 0 Å². The van der Waals surface area contributed by atoms with Gasteiger partial charge in [0.2, 0.25) is 5.91 Å². The molecule has 0 saturated carbocycles. The molecule has 0 bridgehead atoms. The van der Waals surface area contributed by atoms with Gasteiger partial charge in [-0.3, -0.25) is 14.8 Å². The first-order chi connectivity index (χ1) is 7.99. The van der Waals surface area contributed by atoms with E-state index >= 15 is 0 Å². The molecular formula is C10H17N5O2. The largest absolute Gasteiger partial charge is 0.351 e. The third-order valence-electron chi connectivity index (χ3n) is 2.19. The minimum atomic E-state index is -0.844. The molecule has 0 aliphatic carbocycles. The molecule has 2 unspecified atom stereocenters. The number of hydrogen-bond donors (Lipinski definition) is 3. The Hall–Kier alpha value is -1.89. The van der Waals surface area contributed by atoms with E-state index in [1.54, 1.807) is 17.8 Å². The van der Waals surface area contributed by atoms with Crippen molar-refractivity contribution in [2.24, 2.45) is 5.73 Å². The van der Waals surface area contributed by atoms with Crippen molar-refractivity contribution in [1.29, 1.82) is 0 Å². The van der Waals surface area contributed by atoms with Gasteiger partial charge in [-0.05, 0) is 19.9 Å². The number of carbonyl (C=O) groups excluding carboxylic acids is 2. The Morgan fingerprint density at radius 2 is 2.18 bits per heavy atom. The Balaban J connectivity index is 2.37. The third-order valence-corrected chi connectivity index (χ3v) is 2.19. The van der Waals surface area contributed by atoms with Crippen LogP contribution < -0.4 is 16.4 Å². The lowest BCUT2D eigenvalue weighted by molar-refractivity contribution is -0.121. The number of nitrogens with two attached hydrogens (primary N) is 1. The number of primary amides is 1. The van der Waals surface area contributed by atoms with Crippen LogP contribution in [0.3, 0.4) is 0 Å². The second kappa shape index (κ2) is 6.00. The standard InChI is InChI=1S/C10H17N5O2/c1-7(6-15-5-3-4-12-15)13-8(2)9(16)14-10(11)17/h3-5,7-8,13H,6H2,1-2H3,(H3,11,14,16,17). The van der Waals surface area contributed by atoms with Crippen molar-refractivity contribution in [3.05, 3.63) is 18.5 Å². The number of urea groups is 1. The van der Waals surface area contributed by atoms with Gasteiger partial charge in [0, 0.05) is 18.4 Å². The molecule has 4 N–H and O–H groups in total. The van der Waals surface area contributed by atoms with E-state index in [1.807, 2.05) is 24.5 Å². The van der Waals surface area contributed by atoms with E-state index in [9.17, 15) is 9.59 Å². The predicted octanol–water partition coefficient (Wildman–Crippen LogP) is -0.555. The van der Waals surface area contributed by atoms with Crippen molar-refractivity contribution in [2.75, 3.05) is 0 Å². The first-order valence-electron chi connectivity index (χ1n) is 5.33. The molecule has 0 aliphatic rings. The van der Waals surface area contributed by atoms with Crippen molar-refractivity contribution in [3.63, 3.8) is 0 Å². The van der Waals surface area contributed by atoms with E-state index in [2.05, 4.69) is 10.4 Å². The van der Waals surface area contributed by atoms with Gasteiger partial charge in [-0.15, -0.1) is 0 Å². The summed E-state index contributed by atoms with van der Waals surface area (Å²) in [5.41, 5.74) is 4.86. The Morgan fingerprint density at radius 1 is 1.47 bits per heavy atom. The van der Waals surface area contributed by atoms with Gasteiger partial charge in [0.05, 0.1) is 12.6 Å². The molecule has 7 heteroatoms. The Morgan fingerprint density at radius 3 is 2.71 bits per heavy atom. The van der Waals surface area contributed by atoms with Gasteiger partial charge in [0.15, 0.2) is 0 Å². The van der Waals surface area contributed by atoms with Crippen LogP contribution in [0.15, 0.2) is 18.5 Å². The molecule has 94 valence electrons. The highest BCUT2D eigenvalue weighted by Crippen LogP contribution is 1.93. The number of amides is 3. The predicted molar refractivity (Wildman–Crippen MR) is 62.0 cm³/mol. The first kappa shape index (κ1) is 13.2. The van der Waals surface area contributed by atoms with E-state index in [0.29, 0.717) is 6.54 Å². The Kier molecular flexibility index (Phi) is 4.65. The average molecular weight is 239 g/mol. The third kappa shape index (κ3) is 4.64. The van der Waals surface area contributed by atoms with Crippen LogP contribution in [0.4, 0.5) is 4.79 Å². The molecular weight excluding hydrogens is 222 g/mol. The summed E-state index contributed by atoms with van der Waals surface area (Å²) in [6.07, 6.45) is 3.53. The van der Waals surface area contributed by atoms with Gasteiger partial charge in [-0.2, -0.15) is 5.10 Å². The van der Waals surface area contributed by atoms with Crippen molar-refractivity contribution in [2.45, 2.75) is 32.5 Å². The van der Waals surface area contributed by atoms with Crippen LogP contribution >= 0.6 is 0 Å². The van der Waals surface area contributed by atoms with Crippen molar-refractivity contribution in [1.82, 2.24) is 20.4 Å². The van der Waals surface area contributed by atoms with Gasteiger partial charge < -0.3 is 11.1 Å². The summed E-state index contributed by atoms with van der Waals surface area (Å²) < 4.78 is 1.76. The zero-order chi connectivity index (χ0) is 12.8. The summed E-state index contributed by atoms with van der Waals surface area (Å²) in [7, 11) is 0. The van der Waals surface area contributed by atoms with E-state index in [0.717, 1.165) is 0 Å². The number of carbonyl (C=O) groups is 2. The first-order valence-corrected chi connectivity index (χ1v) is 5.33. The van der Waals surface area contributed by atoms with Crippen LogP contribution in [0.5, 0.6) is 0 Å². The number of nitrogens with zero attached hydrogens (tertiary/aromatic N) is 2. The minimum absolute atomic E-state index is 0.0449. The van der Waals surface area contributed by atoms with Crippen LogP contribution in [-0.2, 0) is 11.3 Å². The second-order valence-electron chi connectivity index (χ2n) is 3.87. The van der Waals surface area contributed by atoms with Crippen molar-refractivity contribution >= 4 is 11.9 Å². The number of hydrogen-bond acceptors (Lipinski definition) is 4. The summed E-state index contributed by atoms with van der Waals surface area (Å²) in [6.45, 7) is 4.23. The number of nitrogens with one attached hydrogen (secondary N) is 2. The van der Waals surface area contributed by atoms with Gasteiger partial charge in [0.1, 0.15) is 0 Å². The smallest absolute Gasteiger partial charge is 0.318 e. The molecule has 3 amide bonds. The summed E-state index contributed by atoms with van der Waals surface area (Å²) in [4.78, 5) is 21.9. The molecule has 2 atom stereocenters. The maximum atomic E-state index is 11.4. The maximum Gasteiger partial charge on any atom is 0.318 e. The average Bonchev–Trinajstić information content (AvgIpc) is 2.68. The summed E-state index contributed by atoms with van der Waals surface area (Å²) in [5.74, 6) is -0.440. The SMILES string of the molecule is CC(Cn1cccn1)NC(C)C(=O)NC(N)=O. The van der Waals surface area contributed by atoms with E-state index in [1.165, 1.54) is 0 Å². The molecule has 1 heterocycles. The Bertz CT molecular complexity index is 376. The second-order valence-corrected chi connectivity index (χ2v) is 3.87. The lowest BCUT2D eigenvalue weighted by Crippen LogP contribution is -2.49. The topological polar surface area (TPSA) is 102 Å². The summed E-state index contributed by atoms with van der Waals surface area (Å²) >= 11 is 0. The van der Waals surface area contributed by atoms with E-state index in [4.69, 9.17) is 5.73 Å². The molecule has 0 saturated heterocycles. The lowest BCUT2D eigenvalue weighted by Gasteiger charge is -2.18. The van der Waals surface area contributed by atoms with Gasteiger partial charge in [0.25, 0.3) is 0 Å². The molecule has 1 rings (SSSR count). The minimum Gasteiger partial charge on any atom is -0.351 e. The van der Waals surface area contributed by atoms with Crippen LogP contribution in [-0.4, -0.2) is 33.8 Å². The number of rotatable bonds is 5. The highest BCUT2D eigenvalue weighted by Gasteiger charge is 2.16.